The van der Waals surface area contributed by atoms with Crippen LogP contribution in [0.25, 0.3) is 0 Å². The van der Waals surface area contributed by atoms with Crippen molar-refractivity contribution >= 4 is 16.5 Å². The Bertz CT molecular complexity index is 367. The van der Waals surface area contributed by atoms with Gasteiger partial charge in [-0.15, -0.1) is 11.3 Å². The summed E-state index contributed by atoms with van der Waals surface area (Å²) in [6.45, 7) is 6.94. The van der Waals surface area contributed by atoms with Gasteiger partial charge in [0.05, 0.1) is 0 Å². The first-order valence-corrected chi connectivity index (χ1v) is 8.90. The van der Waals surface area contributed by atoms with Crippen molar-refractivity contribution in [3.8, 4) is 0 Å². The van der Waals surface area contributed by atoms with Gasteiger partial charge in [0.25, 0.3) is 0 Å². The van der Waals surface area contributed by atoms with Crippen molar-refractivity contribution in [1.82, 2.24) is 15.2 Å². The van der Waals surface area contributed by atoms with Crippen molar-refractivity contribution < 1.29 is 0 Å². The van der Waals surface area contributed by atoms with Crippen LogP contribution in [0.2, 0.25) is 0 Å². The van der Waals surface area contributed by atoms with Gasteiger partial charge in [0.1, 0.15) is 0 Å². The molecular weight excluding hydrogens is 268 g/mol. The van der Waals surface area contributed by atoms with Crippen molar-refractivity contribution in [1.29, 1.82) is 0 Å². The molecule has 1 N–H and O–H groups in total. The van der Waals surface area contributed by atoms with Crippen LogP contribution in [-0.2, 0) is 0 Å². The summed E-state index contributed by atoms with van der Waals surface area (Å²) in [5.41, 5.74) is 0. The molecule has 2 fully saturated rings. The number of hydrogen-bond acceptors (Lipinski definition) is 5. The van der Waals surface area contributed by atoms with Gasteiger partial charge in [0, 0.05) is 56.9 Å². The number of anilines is 1. The van der Waals surface area contributed by atoms with E-state index in [1.54, 1.807) is 11.3 Å². The molecule has 1 aliphatic carbocycles. The van der Waals surface area contributed by atoms with Gasteiger partial charge in [-0.25, -0.2) is 4.98 Å². The zero-order chi connectivity index (χ0) is 13.6. The maximum atomic E-state index is 4.40. The lowest BCUT2D eigenvalue weighted by Crippen LogP contribution is -2.48. The summed E-state index contributed by atoms with van der Waals surface area (Å²) < 4.78 is 0. The van der Waals surface area contributed by atoms with Gasteiger partial charge in [-0.3, -0.25) is 4.90 Å². The van der Waals surface area contributed by atoms with E-state index in [2.05, 4.69) is 25.5 Å². The third-order valence-electron chi connectivity index (χ3n) is 4.53. The fourth-order valence-electron chi connectivity index (χ4n) is 3.27. The number of thiazole rings is 1. The smallest absolute Gasteiger partial charge is 0.185 e. The molecule has 1 aromatic heterocycles. The second-order valence-corrected chi connectivity index (χ2v) is 6.81. The first kappa shape index (κ1) is 14.3. The third kappa shape index (κ3) is 3.93. The SMILES string of the molecule is c1csc(N2CCN(CCNC3CCCCC3)CC2)n1. The van der Waals surface area contributed by atoms with Crippen LogP contribution in [-0.4, -0.2) is 55.2 Å². The van der Waals surface area contributed by atoms with Gasteiger partial charge in [0.15, 0.2) is 5.13 Å². The van der Waals surface area contributed by atoms with E-state index in [4.69, 9.17) is 0 Å². The quantitative estimate of drug-likeness (QED) is 0.902. The van der Waals surface area contributed by atoms with Gasteiger partial charge in [0.2, 0.25) is 0 Å². The van der Waals surface area contributed by atoms with Crippen molar-refractivity contribution in [2.45, 2.75) is 38.1 Å². The molecule has 2 aliphatic rings. The van der Waals surface area contributed by atoms with Crippen LogP contribution in [0, 0.1) is 0 Å². The van der Waals surface area contributed by atoms with Crippen LogP contribution in [0.3, 0.4) is 0 Å². The van der Waals surface area contributed by atoms with Gasteiger partial charge >= 0.3 is 0 Å². The van der Waals surface area contributed by atoms with Gasteiger partial charge in [-0.2, -0.15) is 0 Å². The predicted octanol–water partition coefficient (Wildman–Crippen LogP) is 2.19. The molecule has 0 amide bonds. The van der Waals surface area contributed by atoms with E-state index in [1.165, 1.54) is 56.9 Å². The lowest BCUT2D eigenvalue weighted by atomic mass is 9.95. The number of nitrogens with zero attached hydrogens (tertiary/aromatic N) is 3. The summed E-state index contributed by atoms with van der Waals surface area (Å²) in [6, 6.07) is 0.792. The highest BCUT2D eigenvalue weighted by atomic mass is 32.1. The molecule has 1 aromatic rings. The summed E-state index contributed by atoms with van der Waals surface area (Å²) >= 11 is 1.75. The molecule has 5 heteroatoms. The fourth-order valence-corrected chi connectivity index (χ4v) is 3.97. The Labute approximate surface area is 126 Å². The van der Waals surface area contributed by atoms with Crippen molar-refractivity contribution in [2.24, 2.45) is 0 Å². The van der Waals surface area contributed by atoms with E-state index in [9.17, 15) is 0 Å². The second kappa shape index (κ2) is 7.38. The third-order valence-corrected chi connectivity index (χ3v) is 5.36. The van der Waals surface area contributed by atoms with E-state index in [-0.39, 0.29) is 0 Å². The fraction of sp³-hybridized carbons (Fsp3) is 0.800. The zero-order valence-corrected chi connectivity index (χ0v) is 13.1. The summed E-state index contributed by atoms with van der Waals surface area (Å²) in [6.07, 6.45) is 8.96. The predicted molar refractivity (Wildman–Crippen MR) is 85.6 cm³/mol. The summed E-state index contributed by atoms with van der Waals surface area (Å²) in [4.78, 5) is 9.40. The molecule has 1 saturated heterocycles. The Morgan fingerprint density at radius 1 is 1.15 bits per heavy atom. The maximum Gasteiger partial charge on any atom is 0.185 e. The van der Waals surface area contributed by atoms with Crippen molar-refractivity contribution in [3.05, 3.63) is 11.6 Å². The van der Waals surface area contributed by atoms with Gasteiger partial charge in [-0.1, -0.05) is 19.3 Å². The molecule has 20 heavy (non-hydrogen) atoms. The van der Waals surface area contributed by atoms with E-state index in [0.29, 0.717) is 0 Å². The summed E-state index contributed by atoms with van der Waals surface area (Å²) in [5.74, 6) is 0. The van der Waals surface area contributed by atoms with Gasteiger partial charge < -0.3 is 10.2 Å². The number of piperazine rings is 1. The topological polar surface area (TPSA) is 31.4 Å². The van der Waals surface area contributed by atoms with E-state index >= 15 is 0 Å². The average Bonchev–Trinajstić information content (AvgIpc) is 3.03. The van der Waals surface area contributed by atoms with E-state index in [0.717, 1.165) is 25.7 Å². The Morgan fingerprint density at radius 3 is 2.65 bits per heavy atom. The molecule has 0 bridgehead atoms. The Kier molecular flexibility index (Phi) is 5.28. The highest BCUT2D eigenvalue weighted by molar-refractivity contribution is 7.13. The molecule has 0 spiro atoms. The summed E-state index contributed by atoms with van der Waals surface area (Å²) in [5, 5.41) is 6.99. The van der Waals surface area contributed by atoms with Crippen LogP contribution < -0.4 is 10.2 Å². The van der Waals surface area contributed by atoms with Crippen molar-refractivity contribution in [3.63, 3.8) is 0 Å². The molecule has 0 radical (unpaired) electrons. The highest BCUT2D eigenvalue weighted by Gasteiger charge is 2.18. The first-order valence-electron chi connectivity index (χ1n) is 8.02. The maximum absolute atomic E-state index is 4.40. The highest BCUT2D eigenvalue weighted by Crippen LogP contribution is 2.19. The minimum absolute atomic E-state index is 0.792. The largest absolute Gasteiger partial charge is 0.346 e. The van der Waals surface area contributed by atoms with Gasteiger partial charge in [-0.05, 0) is 12.8 Å². The second-order valence-electron chi connectivity index (χ2n) is 5.93. The van der Waals surface area contributed by atoms with E-state index < -0.39 is 0 Å². The monoisotopic (exact) mass is 294 g/mol. The normalized spacial score (nSPS) is 22.3. The Balaban J connectivity index is 1.32. The minimum Gasteiger partial charge on any atom is -0.346 e. The molecule has 4 nitrogen and oxygen atoms in total. The molecule has 3 rings (SSSR count). The van der Waals surface area contributed by atoms with Crippen LogP contribution >= 0.6 is 11.3 Å². The molecule has 2 heterocycles. The lowest BCUT2D eigenvalue weighted by molar-refractivity contribution is 0.248. The number of rotatable bonds is 5. The molecule has 0 atom stereocenters. The molecule has 1 aliphatic heterocycles. The van der Waals surface area contributed by atoms with E-state index in [1.807, 2.05) is 6.20 Å². The minimum atomic E-state index is 0.792. The van der Waals surface area contributed by atoms with Crippen LogP contribution in [0.5, 0.6) is 0 Å². The standard InChI is InChI=1S/C15H26N4S/c1-2-4-14(5-3-1)16-6-8-18-9-11-19(12-10-18)15-17-7-13-20-15/h7,13-14,16H,1-6,8-12H2. The van der Waals surface area contributed by atoms with Crippen LogP contribution in [0.4, 0.5) is 5.13 Å². The molecule has 112 valence electrons. The van der Waals surface area contributed by atoms with Crippen LogP contribution in [0.15, 0.2) is 11.6 Å². The van der Waals surface area contributed by atoms with Crippen molar-refractivity contribution in [2.75, 3.05) is 44.2 Å². The first-order chi connectivity index (χ1) is 9.92. The molecule has 0 aromatic carbocycles. The zero-order valence-electron chi connectivity index (χ0n) is 12.3. The Morgan fingerprint density at radius 2 is 1.95 bits per heavy atom. The number of hydrogen-bond donors (Lipinski definition) is 1. The lowest BCUT2D eigenvalue weighted by Gasteiger charge is -2.35. The summed E-state index contributed by atoms with van der Waals surface area (Å²) in [7, 11) is 0. The number of nitrogens with one attached hydrogen (secondary N) is 1. The van der Waals surface area contributed by atoms with Crippen LogP contribution in [0.1, 0.15) is 32.1 Å². The molecule has 1 saturated carbocycles. The Hall–Kier alpha value is -0.650. The molecular formula is C15H26N4S. The number of aromatic nitrogens is 1. The molecule has 0 unspecified atom stereocenters. The average molecular weight is 294 g/mol.